The van der Waals surface area contributed by atoms with Crippen LogP contribution in [0.4, 0.5) is 0 Å². The number of fused-ring (bicyclic) bond motifs is 1. The van der Waals surface area contributed by atoms with Gasteiger partial charge in [0.1, 0.15) is 0 Å². The third-order valence-electron chi connectivity index (χ3n) is 2.61. The third-order valence-corrected chi connectivity index (χ3v) is 2.61. The van der Waals surface area contributed by atoms with E-state index in [9.17, 15) is 4.79 Å². The molecule has 1 amide bonds. The van der Waals surface area contributed by atoms with E-state index in [1.807, 2.05) is 0 Å². The van der Waals surface area contributed by atoms with E-state index in [1.54, 1.807) is 0 Å². The molecular formula is C7H11NO. The number of hydrogen-bond acceptors (Lipinski definition) is 1. The van der Waals surface area contributed by atoms with Crippen molar-refractivity contribution in [1.29, 1.82) is 0 Å². The summed E-state index contributed by atoms with van der Waals surface area (Å²) in [6.07, 6.45) is 2.44. The van der Waals surface area contributed by atoms with Crippen molar-refractivity contribution in [3.63, 3.8) is 0 Å². The topological polar surface area (TPSA) is 29.1 Å². The predicted molar refractivity (Wildman–Crippen MR) is 33.8 cm³/mol. The second-order valence-electron chi connectivity index (χ2n) is 3.20. The van der Waals surface area contributed by atoms with E-state index in [-0.39, 0.29) is 5.91 Å². The molecule has 1 saturated heterocycles. The highest BCUT2D eigenvalue weighted by atomic mass is 16.2. The average molecular weight is 125 g/mol. The molecular weight excluding hydrogens is 114 g/mol. The Labute approximate surface area is 54.6 Å². The molecule has 0 spiro atoms. The molecule has 0 aromatic heterocycles. The zero-order valence-electron chi connectivity index (χ0n) is 5.55. The largest absolute Gasteiger partial charge is 0.352 e. The van der Waals surface area contributed by atoms with Crippen molar-refractivity contribution < 1.29 is 4.79 Å². The van der Waals surface area contributed by atoms with Crippen LogP contribution in [0.1, 0.15) is 19.8 Å². The lowest BCUT2D eigenvalue weighted by Crippen LogP contribution is -2.56. The van der Waals surface area contributed by atoms with Crippen LogP contribution in [-0.2, 0) is 4.79 Å². The first-order valence-electron chi connectivity index (χ1n) is 3.59. The smallest absolute Gasteiger partial charge is 0.225 e. The summed E-state index contributed by atoms with van der Waals surface area (Å²) < 4.78 is 0. The molecule has 1 aliphatic heterocycles. The number of carbonyl (C=O) groups is 1. The molecule has 2 heteroatoms. The molecule has 3 unspecified atom stereocenters. The molecule has 1 saturated carbocycles. The number of nitrogens with one attached hydrogen (secondary N) is 1. The first-order valence-corrected chi connectivity index (χ1v) is 3.59. The van der Waals surface area contributed by atoms with E-state index in [4.69, 9.17) is 0 Å². The summed E-state index contributed by atoms with van der Waals surface area (Å²) in [6, 6.07) is 0.549. The summed E-state index contributed by atoms with van der Waals surface area (Å²) in [6.45, 7) is 2.17. The van der Waals surface area contributed by atoms with Crippen LogP contribution in [0.15, 0.2) is 0 Å². The molecule has 9 heavy (non-hydrogen) atoms. The van der Waals surface area contributed by atoms with Crippen molar-refractivity contribution in [3.8, 4) is 0 Å². The Balaban J connectivity index is 2.14. The summed E-state index contributed by atoms with van der Waals surface area (Å²) in [5.74, 6) is 1.30. The number of carbonyl (C=O) groups excluding carboxylic acids is 1. The molecule has 2 fully saturated rings. The van der Waals surface area contributed by atoms with Crippen LogP contribution in [0.3, 0.4) is 0 Å². The minimum atomic E-state index is 0.282. The summed E-state index contributed by atoms with van der Waals surface area (Å²) in [5, 5.41) is 2.90. The lowest BCUT2D eigenvalue weighted by Gasteiger charge is -2.32. The number of hydrogen-bond donors (Lipinski definition) is 1. The maximum absolute atomic E-state index is 10.8. The molecule has 2 rings (SSSR count). The van der Waals surface area contributed by atoms with Gasteiger partial charge in [-0.1, -0.05) is 6.92 Å². The monoisotopic (exact) mass is 125 g/mol. The van der Waals surface area contributed by atoms with Crippen molar-refractivity contribution in [2.24, 2.45) is 11.8 Å². The first-order chi connectivity index (χ1) is 4.29. The van der Waals surface area contributed by atoms with Gasteiger partial charge in [-0.25, -0.2) is 0 Å². The lowest BCUT2D eigenvalue weighted by molar-refractivity contribution is -0.135. The Bertz CT molecular complexity index is 149. The molecule has 0 aromatic rings. The quantitative estimate of drug-likeness (QED) is 0.470. The molecule has 2 nitrogen and oxygen atoms in total. The summed E-state index contributed by atoms with van der Waals surface area (Å²) in [4.78, 5) is 10.8. The normalized spacial score (nSPS) is 47.7. The summed E-state index contributed by atoms with van der Waals surface area (Å²) in [5.41, 5.74) is 0. The minimum absolute atomic E-state index is 0.282. The Morgan fingerprint density at radius 1 is 1.56 bits per heavy atom. The highest BCUT2D eigenvalue weighted by molar-refractivity contribution is 5.86. The fourth-order valence-electron chi connectivity index (χ4n) is 1.98. The number of β-lactam (4-membered cyclic amide) rings is 1. The Morgan fingerprint density at radius 3 is 2.78 bits per heavy atom. The zero-order valence-corrected chi connectivity index (χ0v) is 5.55. The maximum Gasteiger partial charge on any atom is 0.225 e. The average Bonchev–Trinajstić information content (AvgIpc) is 2.04. The van der Waals surface area contributed by atoms with Crippen molar-refractivity contribution in [1.82, 2.24) is 5.32 Å². The van der Waals surface area contributed by atoms with Gasteiger partial charge >= 0.3 is 0 Å². The maximum atomic E-state index is 10.8. The zero-order chi connectivity index (χ0) is 6.43. The summed E-state index contributed by atoms with van der Waals surface area (Å²) >= 11 is 0. The van der Waals surface area contributed by atoms with E-state index < -0.39 is 0 Å². The molecule has 0 radical (unpaired) electrons. The van der Waals surface area contributed by atoms with Gasteiger partial charge in [0.05, 0.1) is 5.92 Å². The minimum Gasteiger partial charge on any atom is -0.352 e. The molecule has 0 bridgehead atoms. The number of amides is 1. The van der Waals surface area contributed by atoms with Crippen molar-refractivity contribution in [2.45, 2.75) is 25.8 Å². The standard InChI is InChI=1S/C7H11NO/c1-4-2-3-5-6(4)7(9)8-5/h4-6H,2-3H2,1H3,(H,8,9). The second kappa shape index (κ2) is 1.49. The molecule has 1 N–H and O–H groups in total. The van der Waals surface area contributed by atoms with Gasteiger partial charge in [-0.3, -0.25) is 4.79 Å². The molecule has 1 aliphatic carbocycles. The Hall–Kier alpha value is -0.530. The lowest BCUT2D eigenvalue weighted by atomic mass is 9.88. The van der Waals surface area contributed by atoms with E-state index in [0.29, 0.717) is 17.9 Å². The van der Waals surface area contributed by atoms with Gasteiger partial charge in [-0.2, -0.15) is 0 Å². The first kappa shape index (κ1) is 5.27. The van der Waals surface area contributed by atoms with Crippen molar-refractivity contribution in [2.75, 3.05) is 0 Å². The van der Waals surface area contributed by atoms with Gasteiger partial charge in [-0.05, 0) is 18.8 Å². The summed E-state index contributed by atoms with van der Waals surface area (Å²) in [7, 11) is 0. The van der Waals surface area contributed by atoms with Crippen molar-refractivity contribution >= 4 is 5.91 Å². The van der Waals surface area contributed by atoms with E-state index >= 15 is 0 Å². The van der Waals surface area contributed by atoms with Crippen LogP contribution in [0.2, 0.25) is 0 Å². The predicted octanol–water partition coefficient (Wildman–Crippen LogP) is 0.531. The highest BCUT2D eigenvalue weighted by Crippen LogP contribution is 2.37. The SMILES string of the molecule is CC1CCC2NC(=O)C12. The fourth-order valence-corrected chi connectivity index (χ4v) is 1.98. The van der Waals surface area contributed by atoms with E-state index in [1.165, 1.54) is 12.8 Å². The highest BCUT2D eigenvalue weighted by Gasteiger charge is 2.46. The third kappa shape index (κ3) is 0.533. The van der Waals surface area contributed by atoms with Gasteiger partial charge < -0.3 is 5.32 Å². The molecule has 50 valence electrons. The van der Waals surface area contributed by atoms with Crippen LogP contribution in [-0.4, -0.2) is 11.9 Å². The molecule has 2 aliphatic rings. The second-order valence-corrected chi connectivity index (χ2v) is 3.20. The van der Waals surface area contributed by atoms with Gasteiger partial charge in [0.2, 0.25) is 5.91 Å². The van der Waals surface area contributed by atoms with Gasteiger partial charge in [0, 0.05) is 6.04 Å². The van der Waals surface area contributed by atoms with Crippen LogP contribution >= 0.6 is 0 Å². The van der Waals surface area contributed by atoms with Crippen LogP contribution < -0.4 is 5.32 Å². The number of rotatable bonds is 0. The molecule has 3 atom stereocenters. The van der Waals surface area contributed by atoms with E-state index in [2.05, 4.69) is 12.2 Å². The molecule has 1 heterocycles. The fraction of sp³-hybridized carbons (Fsp3) is 0.857. The van der Waals surface area contributed by atoms with Crippen LogP contribution in [0.25, 0.3) is 0 Å². The molecule has 0 aromatic carbocycles. The van der Waals surface area contributed by atoms with Crippen molar-refractivity contribution in [3.05, 3.63) is 0 Å². The Kier molecular flexibility index (Phi) is 0.875. The van der Waals surface area contributed by atoms with E-state index in [0.717, 1.165) is 0 Å². The Morgan fingerprint density at radius 2 is 2.33 bits per heavy atom. The van der Waals surface area contributed by atoms with Gasteiger partial charge in [0.25, 0.3) is 0 Å². The van der Waals surface area contributed by atoms with Gasteiger partial charge in [0.15, 0.2) is 0 Å². The van der Waals surface area contributed by atoms with Crippen LogP contribution in [0, 0.1) is 11.8 Å². The van der Waals surface area contributed by atoms with Crippen LogP contribution in [0.5, 0.6) is 0 Å². The van der Waals surface area contributed by atoms with Gasteiger partial charge in [-0.15, -0.1) is 0 Å².